The zero-order chi connectivity index (χ0) is 19.9. The van der Waals surface area contributed by atoms with Crippen LogP contribution in [-0.2, 0) is 0 Å². The number of methoxy groups -OCH3 is 2. The highest BCUT2D eigenvalue weighted by Gasteiger charge is 2.10. The number of benzene rings is 2. The molecule has 0 saturated heterocycles. The molecule has 1 heterocycles. The molecule has 3 aromatic rings. The second-order valence-corrected chi connectivity index (χ2v) is 6.28. The van der Waals surface area contributed by atoms with Gasteiger partial charge < -0.3 is 14.8 Å². The van der Waals surface area contributed by atoms with Crippen LogP contribution in [0.5, 0.6) is 11.5 Å². The number of allylic oxidation sites excluding steroid dienone is 1. The molecule has 0 bridgehead atoms. The Labute approximate surface area is 168 Å². The topological polar surface area (TPSA) is 60.5 Å². The summed E-state index contributed by atoms with van der Waals surface area (Å²) in [5.74, 6) is 1.54. The smallest absolute Gasteiger partial charge is 0.189 e. The Morgan fingerprint density at radius 2 is 1.79 bits per heavy atom. The van der Waals surface area contributed by atoms with Crippen molar-refractivity contribution in [3.8, 4) is 11.5 Å². The summed E-state index contributed by atoms with van der Waals surface area (Å²) in [4.78, 5) is 17.0. The number of ketones is 1. The van der Waals surface area contributed by atoms with Crippen molar-refractivity contribution in [3.05, 3.63) is 83.0 Å². The number of carbonyl (C=O) groups is 1. The number of nitrogens with zero attached hydrogens (tertiary/aromatic N) is 1. The van der Waals surface area contributed by atoms with Crippen LogP contribution < -0.4 is 14.8 Å². The second-order valence-electron chi connectivity index (χ2n) is 5.84. The van der Waals surface area contributed by atoms with Crippen LogP contribution in [0.1, 0.15) is 15.9 Å². The standard InChI is InChI=1S/C22H19ClN2O3/c1-27-20-12-6-15(14-21(20)28-2)5-11-19(26)18-4-3-13-24-22(18)25-17-9-7-16(23)8-10-17/h3-14H,1-2H3,(H,24,25). The molecule has 0 saturated carbocycles. The van der Waals surface area contributed by atoms with Crippen LogP contribution in [0.2, 0.25) is 5.02 Å². The van der Waals surface area contributed by atoms with Gasteiger partial charge in [0.05, 0.1) is 19.8 Å². The molecule has 0 amide bonds. The highest BCUT2D eigenvalue weighted by Crippen LogP contribution is 2.28. The van der Waals surface area contributed by atoms with Crippen molar-refractivity contribution in [3.63, 3.8) is 0 Å². The first-order valence-corrected chi connectivity index (χ1v) is 8.90. The van der Waals surface area contributed by atoms with Gasteiger partial charge in [0.1, 0.15) is 5.82 Å². The number of nitrogens with one attached hydrogen (secondary N) is 1. The minimum Gasteiger partial charge on any atom is -0.493 e. The van der Waals surface area contributed by atoms with Gasteiger partial charge >= 0.3 is 0 Å². The van der Waals surface area contributed by atoms with Gasteiger partial charge in [-0.15, -0.1) is 0 Å². The second kappa shape index (κ2) is 9.06. The molecule has 28 heavy (non-hydrogen) atoms. The molecule has 0 aliphatic rings. The van der Waals surface area contributed by atoms with Crippen molar-refractivity contribution in [2.75, 3.05) is 19.5 Å². The van der Waals surface area contributed by atoms with Crippen LogP contribution in [-0.4, -0.2) is 25.0 Å². The number of halogens is 1. The van der Waals surface area contributed by atoms with E-state index in [0.717, 1.165) is 11.3 Å². The molecule has 1 N–H and O–H groups in total. The highest BCUT2D eigenvalue weighted by molar-refractivity contribution is 6.30. The molecule has 3 rings (SSSR count). The fourth-order valence-electron chi connectivity index (χ4n) is 2.59. The lowest BCUT2D eigenvalue weighted by atomic mass is 10.1. The van der Waals surface area contributed by atoms with Crippen molar-refractivity contribution in [2.24, 2.45) is 0 Å². The number of hydrogen-bond acceptors (Lipinski definition) is 5. The van der Waals surface area contributed by atoms with Crippen molar-refractivity contribution >= 4 is 35.0 Å². The van der Waals surface area contributed by atoms with Gasteiger partial charge in [0.2, 0.25) is 0 Å². The third-order valence-corrected chi connectivity index (χ3v) is 4.27. The lowest BCUT2D eigenvalue weighted by Crippen LogP contribution is -2.03. The van der Waals surface area contributed by atoms with Crippen LogP contribution >= 0.6 is 11.6 Å². The number of ether oxygens (including phenoxy) is 2. The summed E-state index contributed by atoms with van der Waals surface area (Å²) in [5, 5.41) is 3.79. The zero-order valence-electron chi connectivity index (χ0n) is 15.5. The molecule has 142 valence electrons. The van der Waals surface area contributed by atoms with Crippen molar-refractivity contribution in [1.29, 1.82) is 0 Å². The third-order valence-electron chi connectivity index (χ3n) is 4.01. The van der Waals surface area contributed by atoms with E-state index >= 15 is 0 Å². The lowest BCUT2D eigenvalue weighted by Gasteiger charge is -2.09. The van der Waals surface area contributed by atoms with E-state index in [9.17, 15) is 4.79 Å². The summed E-state index contributed by atoms with van der Waals surface area (Å²) < 4.78 is 10.5. The van der Waals surface area contributed by atoms with Crippen molar-refractivity contribution in [1.82, 2.24) is 4.98 Å². The number of carbonyl (C=O) groups excluding carboxylic acids is 1. The van der Waals surface area contributed by atoms with Crippen LogP contribution in [0.4, 0.5) is 11.5 Å². The van der Waals surface area contributed by atoms with Gasteiger partial charge in [0, 0.05) is 16.9 Å². The Morgan fingerprint density at radius 3 is 2.50 bits per heavy atom. The molecule has 1 aromatic heterocycles. The zero-order valence-corrected chi connectivity index (χ0v) is 16.2. The monoisotopic (exact) mass is 394 g/mol. The Balaban J connectivity index is 1.81. The summed E-state index contributed by atoms with van der Waals surface area (Å²) >= 11 is 5.91. The van der Waals surface area contributed by atoms with E-state index in [1.54, 1.807) is 62.9 Å². The van der Waals surface area contributed by atoms with E-state index in [4.69, 9.17) is 21.1 Å². The first kappa shape index (κ1) is 19.5. The molecule has 5 nitrogen and oxygen atoms in total. The van der Waals surface area contributed by atoms with E-state index in [1.165, 1.54) is 6.08 Å². The Kier molecular flexibility index (Phi) is 6.29. The van der Waals surface area contributed by atoms with Gasteiger partial charge in [-0.25, -0.2) is 4.98 Å². The fourth-order valence-corrected chi connectivity index (χ4v) is 2.72. The van der Waals surface area contributed by atoms with Crippen molar-refractivity contribution < 1.29 is 14.3 Å². The molecule has 0 atom stereocenters. The molecular weight excluding hydrogens is 376 g/mol. The molecule has 0 spiro atoms. The minimum absolute atomic E-state index is 0.167. The van der Waals surface area contributed by atoms with Gasteiger partial charge in [-0.2, -0.15) is 0 Å². The average molecular weight is 395 g/mol. The molecule has 0 unspecified atom stereocenters. The number of aromatic nitrogens is 1. The molecule has 6 heteroatoms. The van der Waals surface area contributed by atoms with E-state index < -0.39 is 0 Å². The normalized spacial score (nSPS) is 10.7. The SMILES string of the molecule is COc1ccc(C=CC(=O)c2cccnc2Nc2ccc(Cl)cc2)cc1OC. The first-order valence-electron chi connectivity index (χ1n) is 8.53. The Bertz CT molecular complexity index is 1000. The van der Waals surface area contributed by atoms with E-state index in [1.807, 2.05) is 18.2 Å². The number of hydrogen-bond donors (Lipinski definition) is 1. The Morgan fingerprint density at radius 1 is 1.04 bits per heavy atom. The predicted molar refractivity (Wildman–Crippen MR) is 112 cm³/mol. The van der Waals surface area contributed by atoms with E-state index in [2.05, 4.69) is 10.3 Å². The maximum Gasteiger partial charge on any atom is 0.189 e. The van der Waals surface area contributed by atoms with Crippen LogP contribution in [0.3, 0.4) is 0 Å². The molecule has 2 aromatic carbocycles. The van der Waals surface area contributed by atoms with E-state index in [0.29, 0.717) is 27.9 Å². The lowest BCUT2D eigenvalue weighted by molar-refractivity contribution is 0.104. The van der Waals surface area contributed by atoms with E-state index in [-0.39, 0.29) is 5.78 Å². The average Bonchev–Trinajstić information content (AvgIpc) is 2.73. The largest absolute Gasteiger partial charge is 0.493 e. The van der Waals surface area contributed by atoms with Crippen molar-refractivity contribution in [2.45, 2.75) is 0 Å². The third kappa shape index (κ3) is 4.69. The quantitative estimate of drug-likeness (QED) is 0.430. The molecular formula is C22H19ClN2O3. The summed E-state index contributed by atoms with van der Waals surface area (Å²) in [6, 6.07) is 16.1. The van der Waals surface area contributed by atoms with Gasteiger partial charge in [-0.1, -0.05) is 23.7 Å². The molecule has 0 radical (unpaired) electrons. The highest BCUT2D eigenvalue weighted by atomic mass is 35.5. The number of rotatable bonds is 7. The van der Waals surface area contributed by atoms with Gasteiger partial charge in [0.15, 0.2) is 17.3 Å². The van der Waals surface area contributed by atoms with Gasteiger partial charge in [0.25, 0.3) is 0 Å². The number of anilines is 2. The van der Waals surface area contributed by atoms with Gasteiger partial charge in [-0.05, 0) is 60.2 Å². The minimum atomic E-state index is -0.167. The number of pyridine rings is 1. The summed E-state index contributed by atoms with van der Waals surface area (Å²) in [5.41, 5.74) is 2.08. The molecule has 0 aliphatic heterocycles. The first-order chi connectivity index (χ1) is 13.6. The van der Waals surface area contributed by atoms with Crippen LogP contribution in [0.25, 0.3) is 6.08 Å². The maximum absolute atomic E-state index is 12.7. The fraction of sp³-hybridized carbons (Fsp3) is 0.0909. The summed E-state index contributed by atoms with van der Waals surface area (Å²) in [7, 11) is 3.15. The maximum atomic E-state index is 12.7. The molecule has 0 fully saturated rings. The van der Waals surface area contributed by atoms with Crippen LogP contribution in [0, 0.1) is 0 Å². The van der Waals surface area contributed by atoms with Crippen LogP contribution in [0.15, 0.2) is 66.9 Å². The van der Waals surface area contributed by atoms with Gasteiger partial charge in [-0.3, -0.25) is 4.79 Å². The molecule has 0 aliphatic carbocycles. The summed E-state index contributed by atoms with van der Waals surface area (Å²) in [6.07, 6.45) is 4.86. The predicted octanol–water partition coefficient (Wildman–Crippen LogP) is 5.39. The summed E-state index contributed by atoms with van der Waals surface area (Å²) in [6.45, 7) is 0. The Hall–Kier alpha value is -3.31.